The molecule has 0 aliphatic rings. The minimum atomic E-state index is 0.888. The Kier molecular flexibility index (Phi) is 4.68. The number of anilines is 1. The Labute approximate surface area is 116 Å². The molecule has 0 fully saturated rings. The lowest BCUT2D eigenvalue weighted by Gasteiger charge is -2.13. The van der Waals surface area contributed by atoms with Gasteiger partial charge in [0.2, 0.25) is 0 Å². The van der Waals surface area contributed by atoms with E-state index < -0.39 is 0 Å². The minimum absolute atomic E-state index is 0.888. The molecule has 2 rings (SSSR count). The van der Waals surface area contributed by atoms with E-state index in [1.807, 2.05) is 13.1 Å². The van der Waals surface area contributed by atoms with Crippen molar-refractivity contribution in [2.75, 3.05) is 18.9 Å². The van der Waals surface area contributed by atoms with Crippen LogP contribution in [0, 0.1) is 6.92 Å². The van der Waals surface area contributed by atoms with E-state index in [2.05, 4.69) is 39.5 Å². The van der Waals surface area contributed by atoms with Crippen molar-refractivity contribution in [1.29, 1.82) is 0 Å². The van der Waals surface area contributed by atoms with Crippen LogP contribution >= 0.6 is 22.7 Å². The van der Waals surface area contributed by atoms with Gasteiger partial charge >= 0.3 is 0 Å². The van der Waals surface area contributed by atoms with Crippen molar-refractivity contribution in [2.24, 2.45) is 0 Å². The standard InChI is InChI=1S/C12H18N4S2/c1-4-13-12-14-5-11(18-12)7-16(3)6-10-8-17-9(2)15-10/h5,8H,4,6-7H2,1-3H3,(H,13,14). The fourth-order valence-corrected chi connectivity index (χ4v) is 3.26. The lowest BCUT2D eigenvalue weighted by Crippen LogP contribution is -2.16. The summed E-state index contributed by atoms with van der Waals surface area (Å²) in [5, 5.41) is 7.50. The van der Waals surface area contributed by atoms with Gasteiger partial charge in [-0.05, 0) is 20.9 Å². The number of rotatable bonds is 6. The average molecular weight is 282 g/mol. The summed E-state index contributed by atoms with van der Waals surface area (Å²) in [4.78, 5) is 12.4. The molecule has 0 radical (unpaired) electrons. The van der Waals surface area contributed by atoms with Crippen LogP contribution in [-0.4, -0.2) is 28.5 Å². The van der Waals surface area contributed by atoms with Crippen molar-refractivity contribution in [2.45, 2.75) is 26.9 Å². The molecule has 0 aromatic carbocycles. The van der Waals surface area contributed by atoms with Gasteiger partial charge in [0.05, 0.1) is 10.7 Å². The highest BCUT2D eigenvalue weighted by Crippen LogP contribution is 2.20. The lowest BCUT2D eigenvalue weighted by molar-refractivity contribution is 0.318. The summed E-state index contributed by atoms with van der Waals surface area (Å²) in [5.74, 6) is 0. The molecule has 18 heavy (non-hydrogen) atoms. The maximum Gasteiger partial charge on any atom is 0.182 e. The van der Waals surface area contributed by atoms with E-state index in [0.29, 0.717) is 0 Å². The van der Waals surface area contributed by atoms with Crippen LogP contribution in [0.3, 0.4) is 0 Å². The molecule has 0 aliphatic carbocycles. The van der Waals surface area contributed by atoms with Gasteiger partial charge in [-0.1, -0.05) is 0 Å². The number of aromatic nitrogens is 2. The van der Waals surface area contributed by atoms with Gasteiger partial charge in [-0.15, -0.1) is 22.7 Å². The molecule has 0 amide bonds. The minimum Gasteiger partial charge on any atom is -0.362 e. The van der Waals surface area contributed by atoms with Crippen molar-refractivity contribution in [3.8, 4) is 0 Å². The van der Waals surface area contributed by atoms with Crippen LogP contribution in [0.2, 0.25) is 0 Å². The third kappa shape index (κ3) is 3.76. The third-order valence-corrected chi connectivity index (χ3v) is 4.17. The predicted molar refractivity (Wildman–Crippen MR) is 78.3 cm³/mol. The molecule has 2 aromatic rings. The Balaban J connectivity index is 1.88. The summed E-state index contributed by atoms with van der Waals surface area (Å²) >= 11 is 3.43. The first kappa shape index (κ1) is 13.5. The van der Waals surface area contributed by atoms with E-state index in [4.69, 9.17) is 0 Å². The number of nitrogens with zero attached hydrogens (tertiary/aromatic N) is 3. The Hall–Kier alpha value is -0.980. The molecule has 1 N–H and O–H groups in total. The van der Waals surface area contributed by atoms with Crippen LogP contribution in [0.15, 0.2) is 11.6 Å². The van der Waals surface area contributed by atoms with Gasteiger partial charge in [0.15, 0.2) is 5.13 Å². The number of nitrogens with one attached hydrogen (secondary N) is 1. The van der Waals surface area contributed by atoms with Crippen LogP contribution in [0.1, 0.15) is 22.5 Å². The molecule has 0 aliphatic heterocycles. The Morgan fingerprint density at radius 2 is 2.22 bits per heavy atom. The molecular formula is C12H18N4S2. The second kappa shape index (κ2) is 6.26. The molecule has 2 heterocycles. The smallest absolute Gasteiger partial charge is 0.182 e. The van der Waals surface area contributed by atoms with Crippen LogP contribution in [0.4, 0.5) is 5.13 Å². The lowest BCUT2D eigenvalue weighted by atomic mass is 10.4. The molecule has 0 saturated carbocycles. The summed E-state index contributed by atoms with van der Waals surface area (Å²) < 4.78 is 0. The number of hydrogen-bond donors (Lipinski definition) is 1. The SMILES string of the molecule is CCNc1ncc(CN(C)Cc2csc(C)n2)s1. The van der Waals surface area contributed by atoms with Crippen molar-refractivity contribution in [3.63, 3.8) is 0 Å². The molecule has 0 saturated heterocycles. The highest BCUT2D eigenvalue weighted by atomic mass is 32.1. The monoisotopic (exact) mass is 282 g/mol. The maximum absolute atomic E-state index is 4.48. The van der Waals surface area contributed by atoms with Gasteiger partial charge < -0.3 is 5.32 Å². The summed E-state index contributed by atoms with van der Waals surface area (Å²) in [7, 11) is 2.11. The van der Waals surface area contributed by atoms with E-state index in [1.54, 1.807) is 22.7 Å². The average Bonchev–Trinajstić information content (AvgIpc) is 2.89. The van der Waals surface area contributed by atoms with E-state index in [-0.39, 0.29) is 0 Å². The van der Waals surface area contributed by atoms with Crippen LogP contribution in [0.25, 0.3) is 0 Å². The van der Waals surface area contributed by atoms with Crippen LogP contribution < -0.4 is 5.32 Å². The topological polar surface area (TPSA) is 41.1 Å². The molecule has 98 valence electrons. The zero-order chi connectivity index (χ0) is 13.0. The molecule has 0 bridgehead atoms. The fraction of sp³-hybridized carbons (Fsp3) is 0.500. The summed E-state index contributed by atoms with van der Waals surface area (Å²) in [5.41, 5.74) is 1.15. The molecule has 4 nitrogen and oxygen atoms in total. The van der Waals surface area contributed by atoms with Gasteiger partial charge in [0, 0.05) is 36.1 Å². The highest BCUT2D eigenvalue weighted by molar-refractivity contribution is 7.15. The first-order valence-corrected chi connectivity index (χ1v) is 7.65. The number of thiazole rings is 2. The van der Waals surface area contributed by atoms with Crippen molar-refractivity contribution in [3.05, 3.63) is 27.2 Å². The molecule has 0 spiro atoms. The van der Waals surface area contributed by atoms with Crippen molar-refractivity contribution >= 4 is 27.8 Å². The number of hydrogen-bond acceptors (Lipinski definition) is 6. The van der Waals surface area contributed by atoms with Gasteiger partial charge in [0.25, 0.3) is 0 Å². The Bertz CT molecular complexity index is 492. The van der Waals surface area contributed by atoms with Crippen molar-refractivity contribution in [1.82, 2.24) is 14.9 Å². The fourth-order valence-electron chi connectivity index (χ4n) is 1.69. The summed E-state index contributed by atoms with van der Waals surface area (Å²) in [6, 6.07) is 0. The Morgan fingerprint density at radius 3 is 2.89 bits per heavy atom. The quantitative estimate of drug-likeness (QED) is 0.884. The Morgan fingerprint density at radius 1 is 1.39 bits per heavy atom. The molecule has 6 heteroatoms. The molecule has 2 aromatic heterocycles. The van der Waals surface area contributed by atoms with Gasteiger partial charge in [-0.25, -0.2) is 9.97 Å². The highest BCUT2D eigenvalue weighted by Gasteiger charge is 2.07. The molecule has 0 atom stereocenters. The summed E-state index contributed by atoms with van der Waals surface area (Å²) in [6.45, 7) is 6.84. The van der Waals surface area contributed by atoms with Gasteiger partial charge in [0.1, 0.15) is 0 Å². The predicted octanol–water partition coefficient (Wildman–Crippen LogP) is 2.97. The summed E-state index contributed by atoms with van der Waals surface area (Å²) in [6.07, 6.45) is 1.95. The largest absolute Gasteiger partial charge is 0.362 e. The van der Waals surface area contributed by atoms with Gasteiger partial charge in [-0.2, -0.15) is 0 Å². The van der Waals surface area contributed by atoms with Crippen molar-refractivity contribution < 1.29 is 0 Å². The molecular weight excluding hydrogens is 264 g/mol. The third-order valence-electron chi connectivity index (χ3n) is 2.41. The zero-order valence-corrected chi connectivity index (χ0v) is 12.6. The first-order valence-electron chi connectivity index (χ1n) is 5.95. The van der Waals surface area contributed by atoms with E-state index in [9.17, 15) is 0 Å². The van der Waals surface area contributed by atoms with Crippen LogP contribution in [-0.2, 0) is 13.1 Å². The van der Waals surface area contributed by atoms with Gasteiger partial charge in [-0.3, -0.25) is 4.90 Å². The zero-order valence-electron chi connectivity index (χ0n) is 10.9. The second-order valence-corrected chi connectivity index (χ2v) is 6.37. The molecule has 0 unspecified atom stereocenters. The van der Waals surface area contributed by atoms with E-state index in [1.165, 1.54) is 4.88 Å². The van der Waals surface area contributed by atoms with E-state index in [0.717, 1.165) is 35.5 Å². The van der Waals surface area contributed by atoms with Crippen LogP contribution in [0.5, 0.6) is 0 Å². The first-order chi connectivity index (χ1) is 8.67. The van der Waals surface area contributed by atoms with E-state index >= 15 is 0 Å². The normalized spacial score (nSPS) is 11.1. The maximum atomic E-state index is 4.48. The second-order valence-electron chi connectivity index (χ2n) is 4.19. The number of aryl methyl sites for hydroxylation is 1.